The minimum absolute atomic E-state index is 0.177. The standard InChI is InChI=1S/C34H36FN5O5/c1-21-18-40(22(2)20-41)32(42)28-17-26(36-33(43)38-29-10-6-8-23-7-4-5-9-27(23)29)15-16-30(28)45-31(21)19-39(3)34(44)37-25-13-11-24(35)12-14-25/h4-17,21-22,31,41H,18-20H2,1-3H3,(H,37,44)(H2,36,38,43)/t21-,22+,31-/m0/s1. The number of anilines is 3. The zero-order valence-electron chi connectivity index (χ0n) is 25.3. The minimum atomic E-state index is -0.525. The molecular formula is C34H36FN5O5. The molecule has 5 rings (SSSR count). The van der Waals surface area contributed by atoms with E-state index < -0.39 is 30.0 Å². The maximum atomic E-state index is 13.8. The molecule has 0 fully saturated rings. The zero-order chi connectivity index (χ0) is 32.1. The maximum Gasteiger partial charge on any atom is 0.323 e. The SMILES string of the molecule is C[C@H](CO)N1C[C@H](C)[C@H](CN(C)C(=O)Nc2ccc(F)cc2)Oc2ccc(NC(=O)Nc3cccc4ccccc34)cc2C1=O. The second-order valence-corrected chi connectivity index (χ2v) is 11.3. The van der Waals surface area contributed by atoms with Gasteiger partial charge in [-0.25, -0.2) is 14.0 Å². The second-order valence-electron chi connectivity index (χ2n) is 11.3. The van der Waals surface area contributed by atoms with Crippen LogP contribution in [-0.2, 0) is 0 Å². The van der Waals surface area contributed by atoms with Gasteiger partial charge in [0, 0.05) is 36.3 Å². The van der Waals surface area contributed by atoms with E-state index in [1.807, 2.05) is 49.4 Å². The Balaban J connectivity index is 1.36. The highest BCUT2D eigenvalue weighted by molar-refractivity contribution is 6.07. The Kier molecular flexibility index (Phi) is 9.48. The van der Waals surface area contributed by atoms with Crippen LogP contribution in [0.25, 0.3) is 10.8 Å². The first kappa shape index (κ1) is 31.3. The molecule has 0 aliphatic carbocycles. The number of benzene rings is 4. The Morgan fingerprint density at radius 1 is 1.00 bits per heavy atom. The van der Waals surface area contributed by atoms with Crippen molar-refractivity contribution in [2.75, 3.05) is 42.7 Å². The van der Waals surface area contributed by atoms with E-state index in [9.17, 15) is 23.9 Å². The highest BCUT2D eigenvalue weighted by Gasteiger charge is 2.34. The lowest BCUT2D eigenvalue weighted by Crippen LogP contribution is -2.50. The van der Waals surface area contributed by atoms with Gasteiger partial charge in [-0.3, -0.25) is 4.79 Å². The summed E-state index contributed by atoms with van der Waals surface area (Å²) in [5, 5.41) is 20.3. The molecule has 234 valence electrons. The van der Waals surface area contributed by atoms with Crippen LogP contribution in [-0.4, -0.2) is 71.8 Å². The van der Waals surface area contributed by atoms with E-state index in [0.717, 1.165) is 10.8 Å². The molecule has 10 nitrogen and oxygen atoms in total. The quantitative estimate of drug-likeness (QED) is 0.203. The van der Waals surface area contributed by atoms with Crippen LogP contribution in [0.3, 0.4) is 0 Å². The molecule has 11 heteroatoms. The molecule has 1 aliphatic heterocycles. The Labute approximate surface area is 260 Å². The molecule has 0 bridgehead atoms. The molecule has 0 aromatic heterocycles. The van der Waals surface area contributed by atoms with Gasteiger partial charge in [-0.05, 0) is 60.8 Å². The number of rotatable bonds is 7. The molecule has 0 saturated carbocycles. The first-order valence-corrected chi connectivity index (χ1v) is 14.7. The molecule has 5 amide bonds. The van der Waals surface area contributed by atoms with Crippen molar-refractivity contribution in [1.82, 2.24) is 9.80 Å². The Bertz CT molecular complexity index is 1690. The number of amides is 5. The van der Waals surface area contributed by atoms with Crippen molar-refractivity contribution in [1.29, 1.82) is 0 Å². The van der Waals surface area contributed by atoms with Crippen LogP contribution in [0.5, 0.6) is 5.75 Å². The van der Waals surface area contributed by atoms with Crippen LogP contribution in [0.15, 0.2) is 84.9 Å². The van der Waals surface area contributed by atoms with E-state index in [-0.39, 0.29) is 37.1 Å². The van der Waals surface area contributed by atoms with Gasteiger partial charge in [0.2, 0.25) is 0 Å². The van der Waals surface area contributed by atoms with Crippen molar-refractivity contribution in [2.45, 2.75) is 26.0 Å². The smallest absolute Gasteiger partial charge is 0.323 e. The molecule has 45 heavy (non-hydrogen) atoms. The molecule has 4 aromatic rings. The van der Waals surface area contributed by atoms with Gasteiger partial charge in [0.05, 0.1) is 30.4 Å². The fourth-order valence-electron chi connectivity index (χ4n) is 5.24. The number of fused-ring (bicyclic) bond motifs is 2. The van der Waals surface area contributed by atoms with E-state index in [1.54, 1.807) is 37.1 Å². The number of aliphatic hydroxyl groups is 1. The summed E-state index contributed by atoms with van der Waals surface area (Å²) in [5.41, 5.74) is 1.68. The summed E-state index contributed by atoms with van der Waals surface area (Å²) in [6.45, 7) is 3.86. The summed E-state index contributed by atoms with van der Waals surface area (Å²) in [4.78, 5) is 42.7. The summed E-state index contributed by atoms with van der Waals surface area (Å²) >= 11 is 0. The van der Waals surface area contributed by atoms with E-state index >= 15 is 0 Å². The number of urea groups is 2. The van der Waals surface area contributed by atoms with Crippen LogP contribution >= 0.6 is 0 Å². The van der Waals surface area contributed by atoms with Crippen LogP contribution in [0, 0.1) is 11.7 Å². The number of carbonyl (C=O) groups excluding carboxylic acids is 3. The van der Waals surface area contributed by atoms with E-state index in [4.69, 9.17) is 4.74 Å². The van der Waals surface area contributed by atoms with E-state index in [2.05, 4.69) is 16.0 Å². The third kappa shape index (κ3) is 7.32. The molecule has 0 saturated heterocycles. The largest absolute Gasteiger partial charge is 0.487 e. The van der Waals surface area contributed by atoms with Gasteiger partial charge in [0.25, 0.3) is 5.91 Å². The van der Waals surface area contributed by atoms with E-state index in [0.29, 0.717) is 22.8 Å². The normalized spacial score (nSPS) is 16.9. The number of likely N-dealkylation sites (N-methyl/N-ethyl adjacent to an activating group) is 1. The summed E-state index contributed by atoms with van der Waals surface area (Å²) in [7, 11) is 1.62. The molecule has 0 unspecified atom stereocenters. The van der Waals surface area contributed by atoms with Gasteiger partial charge in [-0.15, -0.1) is 0 Å². The topological polar surface area (TPSA) is 123 Å². The van der Waals surface area contributed by atoms with Gasteiger partial charge < -0.3 is 35.6 Å². The number of hydrogen-bond acceptors (Lipinski definition) is 5. The number of hydrogen-bond donors (Lipinski definition) is 4. The Hall–Kier alpha value is -5.16. The highest BCUT2D eigenvalue weighted by Crippen LogP contribution is 2.31. The summed E-state index contributed by atoms with van der Waals surface area (Å²) in [6, 6.07) is 22.2. The highest BCUT2D eigenvalue weighted by atomic mass is 19.1. The number of ether oxygens (including phenoxy) is 1. The fraction of sp³-hybridized carbons (Fsp3) is 0.265. The third-order valence-electron chi connectivity index (χ3n) is 7.86. The Morgan fingerprint density at radius 3 is 2.47 bits per heavy atom. The van der Waals surface area contributed by atoms with Gasteiger partial charge in [0.1, 0.15) is 17.7 Å². The summed E-state index contributed by atoms with van der Waals surface area (Å²) in [5.74, 6) is -0.686. The molecular weight excluding hydrogens is 577 g/mol. The van der Waals surface area contributed by atoms with Gasteiger partial charge in [0.15, 0.2) is 0 Å². The number of nitrogens with zero attached hydrogens (tertiary/aromatic N) is 2. The van der Waals surface area contributed by atoms with Crippen LogP contribution in [0.2, 0.25) is 0 Å². The summed E-state index contributed by atoms with van der Waals surface area (Å²) < 4.78 is 19.7. The molecule has 1 aliphatic rings. The lowest BCUT2D eigenvalue weighted by atomic mass is 9.99. The number of aliphatic hydroxyl groups excluding tert-OH is 1. The molecule has 4 N–H and O–H groups in total. The number of carbonyl (C=O) groups is 3. The second kappa shape index (κ2) is 13.6. The number of nitrogens with one attached hydrogen (secondary N) is 3. The predicted molar refractivity (Wildman–Crippen MR) is 172 cm³/mol. The van der Waals surface area contributed by atoms with Gasteiger partial charge >= 0.3 is 12.1 Å². The fourth-order valence-corrected chi connectivity index (χ4v) is 5.24. The predicted octanol–water partition coefficient (Wildman–Crippen LogP) is 6.01. The van der Waals surface area contributed by atoms with Crippen molar-refractivity contribution < 1.29 is 28.6 Å². The van der Waals surface area contributed by atoms with Gasteiger partial charge in [-0.2, -0.15) is 0 Å². The summed E-state index contributed by atoms with van der Waals surface area (Å²) in [6.07, 6.45) is -0.525. The zero-order valence-corrected chi connectivity index (χ0v) is 25.3. The van der Waals surface area contributed by atoms with Gasteiger partial charge in [-0.1, -0.05) is 43.3 Å². The van der Waals surface area contributed by atoms with Crippen molar-refractivity contribution in [2.24, 2.45) is 5.92 Å². The van der Waals surface area contributed by atoms with E-state index in [1.165, 1.54) is 29.2 Å². The van der Waals surface area contributed by atoms with Crippen molar-refractivity contribution in [3.63, 3.8) is 0 Å². The third-order valence-corrected chi connectivity index (χ3v) is 7.86. The molecule has 0 spiro atoms. The van der Waals surface area contributed by atoms with Crippen LogP contribution in [0.1, 0.15) is 24.2 Å². The van der Waals surface area contributed by atoms with Crippen molar-refractivity contribution >= 4 is 45.8 Å². The van der Waals surface area contributed by atoms with Crippen LogP contribution in [0.4, 0.5) is 31.0 Å². The van der Waals surface area contributed by atoms with Crippen molar-refractivity contribution in [3.8, 4) is 5.75 Å². The first-order chi connectivity index (χ1) is 21.6. The van der Waals surface area contributed by atoms with Crippen LogP contribution < -0.4 is 20.7 Å². The maximum absolute atomic E-state index is 13.8. The number of halogens is 1. The Morgan fingerprint density at radius 2 is 1.71 bits per heavy atom. The first-order valence-electron chi connectivity index (χ1n) is 14.7. The average Bonchev–Trinajstić information content (AvgIpc) is 3.03. The molecule has 1 heterocycles. The monoisotopic (exact) mass is 613 g/mol. The lowest BCUT2D eigenvalue weighted by molar-refractivity contribution is 0.0371. The molecule has 3 atom stereocenters. The average molecular weight is 614 g/mol. The van der Waals surface area contributed by atoms with Crippen molar-refractivity contribution in [3.05, 3.63) is 96.3 Å². The molecule has 0 radical (unpaired) electrons. The minimum Gasteiger partial charge on any atom is -0.487 e. The molecule has 4 aromatic carbocycles. The lowest BCUT2D eigenvalue weighted by Gasteiger charge is -2.38.